The smallest absolute Gasteiger partial charge is 0.142 e. The van der Waals surface area contributed by atoms with Crippen molar-refractivity contribution in [1.29, 1.82) is 0 Å². The van der Waals surface area contributed by atoms with Crippen LogP contribution in [0.4, 0.5) is 0 Å². The summed E-state index contributed by atoms with van der Waals surface area (Å²) >= 11 is 0. The van der Waals surface area contributed by atoms with Gasteiger partial charge in [0, 0.05) is 0 Å². The highest BCUT2D eigenvalue weighted by Gasteiger charge is 2.06. The molecule has 0 spiro atoms. The van der Waals surface area contributed by atoms with E-state index >= 15 is 0 Å². The van der Waals surface area contributed by atoms with E-state index in [1.807, 2.05) is 24.3 Å². The Morgan fingerprint density at radius 2 is 1.95 bits per heavy atom. The van der Waals surface area contributed by atoms with Crippen LogP contribution in [0.2, 0.25) is 0 Å². The van der Waals surface area contributed by atoms with Gasteiger partial charge in [-0.25, -0.2) is 0 Å². The molecule has 2 heteroatoms. The van der Waals surface area contributed by atoms with Crippen LogP contribution in [0.3, 0.4) is 0 Å². The molecular formula is C17H24O2. The Hall–Kier alpha value is -1.57. The highest BCUT2D eigenvalue weighted by molar-refractivity contribution is 5.73. The molecule has 1 unspecified atom stereocenters. The molecule has 0 aliphatic carbocycles. The zero-order valence-electron chi connectivity index (χ0n) is 12.0. The Morgan fingerprint density at radius 3 is 2.53 bits per heavy atom. The molecule has 0 aliphatic heterocycles. The van der Waals surface area contributed by atoms with Crippen LogP contribution in [0.5, 0.6) is 5.75 Å². The number of rotatable bonds is 9. The van der Waals surface area contributed by atoms with E-state index < -0.39 is 0 Å². The first-order valence-corrected chi connectivity index (χ1v) is 7.14. The van der Waals surface area contributed by atoms with E-state index in [0.29, 0.717) is 5.92 Å². The Bertz CT molecular complexity index is 379. The minimum Gasteiger partial charge on any atom is -0.493 e. The fourth-order valence-corrected chi connectivity index (χ4v) is 1.94. The first kappa shape index (κ1) is 15.5. The number of unbranched alkanes of at least 4 members (excludes halogenated alkanes) is 1. The Morgan fingerprint density at radius 1 is 1.21 bits per heavy atom. The van der Waals surface area contributed by atoms with Crippen LogP contribution >= 0.6 is 0 Å². The highest BCUT2D eigenvalue weighted by Crippen LogP contribution is 2.17. The van der Waals surface area contributed by atoms with Gasteiger partial charge in [0.2, 0.25) is 0 Å². The van der Waals surface area contributed by atoms with Gasteiger partial charge in [-0.05, 0) is 36.1 Å². The molecule has 104 valence electrons. The van der Waals surface area contributed by atoms with Gasteiger partial charge in [0.15, 0.2) is 0 Å². The Kier molecular flexibility index (Phi) is 7.64. The number of hydrogen-bond acceptors (Lipinski definition) is 2. The summed E-state index contributed by atoms with van der Waals surface area (Å²) in [5.41, 5.74) is 1.01. The molecule has 0 saturated heterocycles. The van der Waals surface area contributed by atoms with Crippen LogP contribution < -0.4 is 4.74 Å². The molecule has 0 amide bonds. The second-order valence-electron chi connectivity index (χ2n) is 4.79. The number of allylic oxidation sites excluding steroid dienone is 1. The highest BCUT2D eigenvalue weighted by atomic mass is 16.5. The van der Waals surface area contributed by atoms with Gasteiger partial charge in [-0.15, -0.1) is 0 Å². The van der Waals surface area contributed by atoms with Crippen molar-refractivity contribution in [3.05, 3.63) is 35.9 Å². The third-order valence-corrected chi connectivity index (χ3v) is 3.28. The van der Waals surface area contributed by atoms with Crippen LogP contribution in [0.1, 0.15) is 45.1 Å². The van der Waals surface area contributed by atoms with Crippen molar-refractivity contribution >= 4 is 12.4 Å². The van der Waals surface area contributed by atoms with Gasteiger partial charge >= 0.3 is 0 Å². The summed E-state index contributed by atoms with van der Waals surface area (Å²) in [5, 5.41) is 0. The summed E-state index contributed by atoms with van der Waals surface area (Å²) in [7, 11) is 0. The van der Waals surface area contributed by atoms with E-state index in [9.17, 15) is 4.79 Å². The predicted molar refractivity (Wildman–Crippen MR) is 80.3 cm³/mol. The summed E-state index contributed by atoms with van der Waals surface area (Å²) in [4.78, 5) is 10.2. The maximum atomic E-state index is 10.2. The summed E-state index contributed by atoms with van der Waals surface area (Å²) in [6, 6.07) is 7.83. The number of hydrogen-bond donors (Lipinski definition) is 0. The molecule has 2 nitrogen and oxygen atoms in total. The molecule has 0 aromatic heterocycles. The minimum atomic E-state index is 0.648. The molecule has 0 saturated carbocycles. The molecule has 0 N–H and O–H groups in total. The van der Waals surface area contributed by atoms with E-state index in [0.717, 1.165) is 24.2 Å². The van der Waals surface area contributed by atoms with Crippen molar-refractivity contribution in [1.82, 2.24) is 0 Å². The lowest BCUT2D eigenvalue weighted by atomic mass is 10.0. The third-order valence-electron chi connectivity index (χ3n) is 3.28. The van der Waals surface area contributed by atoms with Gasteiger partial charge < -0.3 is 4.74 Å². The first-order valence-electron chi connectivity index (χ1n) is 7.14. The van der Waals surface area contributed by atoms with Crippen molar-refractivity contribution in [3.8, 4) is 5.75 Å². The van der Waals surface area contributed by atoms with Gasteiger partial charge in [-0.1, -0.05) is 51.3 Å². The fraction of sp³-hybridized carbons (Fsp3) is 0.471. The zero-order chi connectivity index (χ0) is 13.9. The maximum Gasteiger partial charge on any atom is 0.142 e. The molecular weight excluding hydrogens is 236 g/mol. The summed E-state index contributed by atoms with van der Waals surface area (Å²) in [6.07, 6.45) is 8.99. The number of benzene rings is 1. The fourth-order valence-electron chi connectivity index (χ4n) is 1.94. The first-order chi connectivity index (χ1) is 9.30. The molecule has 0 aliphatic rings. The van der Waals surface area contributed by atoms with Crippen molar-refractivity contribution in [2.24, 2.45) is 5.92 Å². The van der Waals surface area contributed by atoms with E-state index in [1.54, 1.807) is 6.08 Å². The average Bonchev–Trinajstić information content (AvgIpc) is 2.46. The summed E-state index contributed by atoms with van der Waals surface area (Å²) < 4.78 is 5.82. The lowest BCUT2D eigenvalue weighted by molar-refractivity contribution is -0.104. The van der Waals surface area contributed by atoms with Gasteiger partial charge in [0.1, 0.15) is 12.0 Å². The van der Waals surface area contributed by atoms with Crippen LogP contribution in [0.15, 0.2) is 30.3 Å². The molecule has 0 bridgehead atoms. The Labute approximate surface area is 116 Å². The van der Waals surface area contributed by atoms with Gasteiger partial charge in [0.05, 0.1) is 6.61 Å². The quantitative estimate of drug-likeness (QED) is 0.483. The number of ether oxygens (including phenoxy) is 1. The number of carbonyl (C=O) groups is 1. The summed E-state index contributed by atoms with van der Waals surface area (Å²) in [6.45, 7) is 5.23. The van der Waals surface area contributed by atoms with Gasteiger partial charge in [0.25, 0.3) is 0 Å². The van der Waals surface area contributed by atoms with Gasteiger partial charge in [-0.2, -0.15) is 0 Å². The standard InChI is InChI=1S/C17H24O2/c1-3-5-7-15(4-2)14-19-17-11-9-16(10-12-17)8-6-13-18/h6,8-13,15H,3-5,7,14H2,1-2H3/b8-6+. The molecule has 19 heavy (non-hydrogen) atoms. The largest absolute Gasteiger partial charge is 0.493 e. The second-order valence-corrected chi connectivity index (χ2v) is 4.79. The molecule has 1 atom stereocenters. The van der Waals surface area contributed by atoms with Crippen molar-refractivity contribution in [2.75, 3.05) is 6.61 Å². The SMILES string of the molecule is CCCCC(CC)COc1ccc(/C=C/C=O)cc1. The van der Waals surface area contributed by atoms with Crippen molar-refractivity contribution in [3.63, 3.8) is 0 Å². The number of carbonyl (C=O) groups excluding carboxylic acids is 1. The molecule has 0 radical (unpaired) electrons. The maximum absolute atomic E-state index is 10.2. The lowest BCUT2D eigenvalue weighted by Crippen LogP contribution is -2.11. The molecule has 0 heterocycles. The van der Waals surface area contributed by atoms with E-state index in [1.165, 1.54) is 31.8 Å². The average molecular weight is 260 g/mol. The summed E-state index contributed by atoms with van der Waals surface area (Å²) in [5.74, 6) is 1.55. The van der Waals surface area contributed by atoms with E-state index in [-0.39, 0.29) is 0 Å². The number of aldehydes is 1. The normalized spacial score (nSPS) is 12.5. The topological polar surface area (TPSA) is 26.3 Å². The van der Waals surface area contributed by atoms with Crippen LogP contribution in [-0.4, -0.2) is 12.9 Å². The van der Waals surface area contributed by atoms with Crippen LogP contribution in [0.25, 0.3) is 6.08 Å². The van der Waals surface area contributed by atoms with Crippen LogP contribution in [-0.2, 0) is 4.79 Å². The van der Waals surface area contributed by atoms with E-state index in [2.05, 4.69) is 13.8 Å². The van der Waals surface area contributed by atoms with E-state index in [4.69, 9.17) is 4.74 Å². The third kappa shape index (κ3) is 6.23. The van der Waals surface area contributed by atoms with Crippen molar-refractivity contribution < 1.29 is 9.53 Å². The zero-order valence-corrected chi connectivity index (χ0v) is 12.0. The second kappa shape index (κ2) is 9.37. The van der Waals surface area contributed by atoms with Crippen LogP contribution in [0, 0.1) is 5.92 Å². The minimum absolute atomic E-state index is 0.648. The van der Waals surface area contributed by atoms with Crippen molar-refractivity contribution in [2.45, 2.75) is 39.5 Å². The Balaban J connectivity index is 2.44. The molecule has 1 aromatic rings. The predicted octanol–water partition coefficient (Wildman–Crippen LogP) is 4.49. The van der Waals surface area contributed by atoms with Gasteiger partial charge in [-0.3, -0.25) is 4.79 Å². The molecule has 1 rings (SSSR count). The monoisotopic (exact) mass is 260 g/mol. The lowest BCUT2D eigenvalue weighted by Gasteiger charge is -2.15. The molecule has 0 fully saturated rings. The molecule has 1 aromatic carbocycles.